The molecule has 0 N–H and O–H groups in total. The summed E-state index contributed by atoms with van der Waals surface area (Å²) in [6.07, 6.45) is 19.0. The Morgan fingerprint density at radius 1 is 0.460 bits per heavy atom. The summed E-state index contributed by atoms with van der Waals surface area (Å²) in [7, 11) is 0. The number of aromatic nitrogens is 8. The number of fused-ring (bicyclic) bond motifs is 4. The minimum absolute atomic E-state index is 0. The normalized spacial score (nSPS) is 12.5. The maximum Gasteiger partial charge on any atom is 2.00 e. The molecule has 12 heteroatoms. The van der Waals surface area contributed by atoms with Crippen LogP contribution in [-0.4, -0.2) is 56.3 Å². The van der Waals surface area contributed by atoms with Gasteiger partial charge >= 0.3 is 44.8 Å². The smallest absolute Gasteiger partial charge is 0.442 e. The molecule has 0 saturated carbocycles. The van der Waals surface area contributed by atoms with Crippen LogP contribution in [0.25, 0.3) is 44.1 Å². The van der Waals surface area contributed by atoms with Gasteiger partial charge in [-0.25, -0.2) is 0 Å². The van der Waals surface area contributed by atoms with Gasteiger partial charge in [0.05, 0.1) is 11.3 Å². The van der Waals surface area contributed by atoms with Gasteiger partial charge in [0.15, 0.2) is 0 Å². The fraction of sp³-hybridized carbons (Fsp3) is 0.211. The molecule has 0 amide bonds. The van der Waals surface area contributed by atoms with E-state index in [1.54, 1.807) is 61.7 Å². The molecule has 0 aliphatic carbocycles. The van der Waals surface area contributed by atoms with E-state index in [2.05, 4.69) is 52.0 Å². The summed E-state index contributed by atoms with van der Waals surface area (Å²) >= 11 is 0. The maximum atomic E-state index is 4.94. The first kappa shape index (κ1) is 40.3. The molecule has 8 aromatic heterocycles. The van der Waals surface area contributed by atoms with Gasteiger partial charge in [-0.3, -0.25) is 9.97 Å². The summed E-state index contributed by atoms with van der Waals surface area (Å²) in [5.41, 5.74) is 3.17. The van der Waals surface area contributed by atoms with Crippen LogP contribution in [0.5, 0.6) is 0 Å². The Hall–Kier alpha value is -4.10. The minimum atomic E-state index is 0. The monoisotopic (exact) mass is 822 g/mol. The number of ether oxygens (including phenoxy) is 2. The molecule has 2 aliphatic rings. The molecule has 2 radical (unpaired) electrons. The molecule has 8 aromatic rings. The van der Waals surface area contributed by atoms with E-state index in [0.29, 0.717) is 0 Å². The van der Waals surface area contributed by atoms with Crippen molar-refractivity contribution in [2.45, 2.75) is 25.7 Å². The van der Waals surface area contributed by atoms with Crippen molar-refractivity contribution in [3.05, 3.63) is 135 Å². The van der Waals surface area contributed by atoms with Gasteiger partial charge in [-0.05, 0) is 36.5 Å². The van der Waals surface area contributed by atoms with Gasteiger partial charge in [-0.15, -0.1) is 47.2 Å². The third kappa shape index (κ3) is 14.0. The molecular formula is C38H36N8Nb2O2. The zero-order valence-electron chi connectivity index (χ0n) is 27.5. The quantitative estimate of drug-likeness (QED) is 0.119. The van der Waals surface area contributed by atoms with Crippen LogP contribution >= 0.6 is 0 Å². The first-order chi connectivity index (χ1) is 23.9. The Morgan fingerprint density at radius 2 is 0.840 bits per heavy atom. The summed E-state index contributed by atoms with van der Waals surface area (Å²) in [6.45, 7) is 4.00. The van der Waals surface area contributed by atoms with E-state index in [-0.39, 0.29) is 44.8 Å². The van der Waals surface area contributed by atoms with Crippen LogP contribution < -0.4 is 9.97 Å². The first-order valence-corrected chi connectivity index (χ1v) is 15.8. The third-order valence-electron chi connectivity index (χ3n) is 6.78. The van der Waals surface area contributed by atoms with E-state index < -0.39 is 0 Å². The molecule has 0 atom stereocenters. The van der Waals surface area contributed by atoms with Crippen molar-refractivity contribution < 1.29 is 54.2 Å². The fourth-order valence-electron chi connectivity index (χ4n) is 4.39. The molecule has 0 spiro atoms. The molecule has 10 rings (SSSR count). The van der Waals surface area contributed by atoms with Crippen LogP contribution in [0.2, 0.25) is 0 Å². The summed E-state index contributed by atoms with van der Waals surface area (Å²) in [6, 6.07) is 28.9. The number of nitrogens with zero attached hydrogens (tertiary/aromatic N) is 8. The van der Waals surface area contributed by atoms with Crippen LogP contribution in [0, 0.1) is 12.1 Å². The maximum absolute atomic E-state index is 4.94. The van der Waals surface area contributed by atoms with E-state index in [9.17, 15) is 0 Å². The average molecular weight is 823 g/mol. The van der Waals surface area contributed by atoms with Gasteiger partial charge < -0.3 is 39.4 Å². The molecule has 50 heavy (non-hydrogen) atoms. The third-order valence-corrected chi connectivity index (χ3v) is 6.78. The summed E-state index contributed by atoms with van der Waals surface area (Å²) in [5.74, 6) is 0. The van der Waals surface area contributed by atoms with Crippen LogP contribution in [0.4, 0.5) is 0 Å². The Balaban J connectivity index is 0.000000164. The molecule has 0 unspecified atom stereocenters. The average Bonchev–Trinajstić information content (AvgIpc) is 4.02. The van der Waals surface area contributed by atoms with E-state index in [4.69, 9.17) is 9.47 Å². The van der Waals surface area contributed by atoms with Gasteiger partial charge in [0, 0.05) is 38.8 Å². The van der Waals surface area contributed by atoms with Crippen LogP contribution in [0.1, 0.15) is 25.7 Å². The molecule has 2 fully saturated rings. The zero-order valence-corrected chi connectivity index (χ0v) is 31.9. The Bertz CT molecular complexity index is 1690. The molecule has 0 aromatic carbocycles. The van der Waals surface area contributed by atoms with Crippen LogP contribution in [0.3, 0.4) is 0 Å². The molecule has 2 aliphatic heterocycles. The van der Waals surface area contributed by atoms with Gasteiger partial charge in [0.2, 0.25) is 0 Å². The summed E-state index contributed by atoms with van der Waals surface area (Å²) in [5, 5.41) is 4.14. The topological polar surface area (TPSA) is 124 Å². The number of rotatable bonds is 0. The van der Waals surface area contributed by atoms with Crippen LogP contribution in [0.15, 0.2) is 122 Å². The Kier molecular flexibility index (Phi) is 19.5. The number of hydrogen-bond acceptors (Lipinski definition) is 8. The molecule has 10 nitrogen and oxygen atoms in total. The largest absolute Gasteiger partial charge is 2.00 e. The Labute approximate surface area is 322 Å². The number of pyridine rings is 6. The van der Waals surface area contributed by atoms with E-state index in [1.807, 2.05) is 60.7 Å². The van der Waals surface area contributed by atoms with Gasteiger partial charge in [-0.1, -0.05) is 97.0 Å². The summed E-state index contributed by atoms with van der Waals surface area (Å²) in [4.78, 5) is 32.2. The second-order valence-corrected chi connectivity index (χ2v) is 10.3. The van der Waals surface area contributed by atoms with Crippen molar-refractivity contribution in [2.75, 3.05) is 26.4 Å². The van der Waals surface area contributed by atoms with Crippen molar-refractivity contribution >= 4 is 44.1 Å². The zero-order chi connectivity index (χ0) is 32.9. The SMILES string of the molecule is C1CCOC1.C1CCOC1.[Nb+2].[Nb+2].[c-]1ccnc2ncccc12.[c-]1ccnc2ncccc12.c1cnc2[n-]ccc2c1.c1cnc2[n-]ccc2c1. The van der Waals surface area contributed by atoms with Crippen molar-refractivity contribution in [3.63, 3.8) is 0 Å². The summed E-state index contributed by atoms with van der Waals surface area (Å²) < 4.78 is 9.89. The van der Waals surface area contributed by atoms with Crippen molar-refractivity contribution in [3.8, 4) is 0 Å². The number of hydrogen-bond donors (Lipinski definition) is 0. The Morgan fingerprint density at radius 3 is 1.20 bits per heavy atom. The van der Waals surface area contributed by atoms with E-state index >= 15 is 0 Å². The van der Waals surface area contributed by atoms with Crippen molar-refractivity contribution in [1.29, 1.82) is 0 Å². The standard InChI is InChI=1S/2C8H5N2.2C7H5N2.2C4H8O.2Nb/c2*1-3-7-4-2-6-10-8(7)9-5-1;2*1-2-6-3-5-9-7(6)8-4-1;2*1-2-4-5-3-1;;/h2*1-3,5-6H;2*1-5H;2*1-4H2;;/q4*-1;;;2*+2. The van der Waals surface area contributed by atoms with Gasteiger partial charge in [0.1, 0.15) is 0 Å². The van der Waals surface area contributed by atoms with Crippen molar-refractivity contribution in [1.82, 2.24) is 39.9 Å². The minimum Gasteiger partial charge on any atom is -0.442 e. The molecule has 250 valence electrons. The predicted octanol–water partition coefficient (Wildman–Crippen LogP) is 6.83. The van der Waals surface area contributed by atoms with Crippen LogP contribution in [-0.2, 0) is 54.2 Å². The van der Waals surface area contributed by atoms with E-state index in [1.165, 1.54) is 25.7 Å². The molecule has 2 saturated heterocycles. The predicted molar refractivity (Wildman–Crippen MR) is 187 cm³/mol. The molecule has 0 bridgehead atoms. The molecule has 10 heterocycles. The first-order valence-electron chi connectivity index (χ1n) is 15.8. The van der Waals surface area contributed by atoms with E-state index in [0.717, 1.165) is 70.6 Å². The van der Waals surface area contributed by atoms with Gasteiger partial charge in [0.25, 0.3) is 0 Å². The van der Waals surface area contributed by atoms with Crippen molar-refractivity contribution in [2.24, 2.45) is 0 Å². The fourth-order valence-corrected chi connectivity index (χ4v) is 4.39. The second-order valence-electron chi connectivity index (χ2n) is 10.3. The molecular weight excluding hydrogens is 786 g/mol. The second kappa shape index (κ2) is 24.1. The van der Waals surface area contributed by atoms with Gasteiger partial charge in [-0.2, -0.15) is 0 Å².